The van der Waals surface area contributed by atoms with Crippen molar-refractivity contribution in [3.05, 3.63) is 58.1 Å². The minimum Gasteiger partial charge on any atom is -0.507 e. The molecule has 6 atom stereocenters. The Labute approximate surface area is 276 Å². The van der Waals surface area contributed by atoms with Gasteiger partial charge in [-0.3, -0.25) is 24.6 Å². The largest absolute Gasteiger partial charge is 0.507 e. The summed E-state index contributed by atoms with van der Waals surface area (Å²) in [6, 6.07) is 11.2. The fourth-order valence-corrected chi connectivity index (χ4v) is 6.15. The predicted molar refractivity (Wildman–Crippen MR) is 166 cm³/mol. The lowest BCUT2D eigenvalue weighted by Crippen LogP contribution is -2.62. The lowest BCUT2D eigenvalue weighted by molar-refractivity contribution is -0.237. The first-order valence-corrected chi connectivity index (χ1v) is 15.5. The van der Waals surface area contributed by atoms with Crippen molar-refractivity contribution in [1.29, 1.82) is 0 Å². The number of carbonyl (C=O) groups is 4. The Morgan fingerprint density at radius 3 is 2.26 bits per heavy atom. The molecule has 2 heterocycles. The van der Waals surface area contributed by atoms with Crippen LogP contribution in [0.1, 0.15) is 38.8 Å². The van der Waals surface area contributed by atoms with Crippen molar-refractivity contribution in [1.82, 2.24) is 10.4 Å². The Kier molecular flexibility index (Phi) is 11.5. The van der Waals surface area contributed by atoms with Crippen molar-refractivity contribution in [3.8, 4) is 11.5 Å². The molecule has 0 spiro atoms. The Bertz CT molecular complexity index is 1540. The van der Waals surface area contributed by atoms with Gasteiger partial charge in [-0.05, 0) is 30.3 Å². The van der Waals surface area contributed by atoms with Crippen LogP contribution in [0.3, 0.4) is 0 Å². The zero-order chi connectivity index (χ0) is 33.5. The number of para-hydroxylation sites is 1. The number of thioether (sulfide) groups is 1. The second-order valence-corrected chi connectivity index (χ2v) is 12.0. The number of esters is 4. The Morgan fingerprint density at radius 2 is 1.61 bits per heavy atom. The fourth-order valence-electron chi connectivity index (χ4n) is 4.56. The molecule has 2 aromatic rings. The van der Waals surface area contributed by atoms with Gasteiger partial charge in [0.2, 0.25) is 0 Å². The van der Waals surface area contributed by atoms with E-state index in [1.54, 1.807) is 30.3 Å². The van der Waals surface area contributed by atoms with E-state index >= 15 is 0 Å². The van der Waals surface area contributed by atoms with Gasteiger partial charge < -0.3 is 33.9 Å². The van der Waals surface area contributed by atoms with Gasteiger partial charge in [0.15, 0.2) is 29.6 Å². The Balaban J connectivity index is 1.74. The first kappa shape index (κ1) is 34.5. The lowest BCUT2D eigenvalue weighted by Gasteiger charge is -2.44. The number of hydrazone groups is 2. The first-order chi connectivity index (χ1) is 21.8. The topological polar surface area (TPSA) is 195 Å². The molecule has 1 unspecified atom stereocenters. The van der Waals surface area contributed by atoms with E-state index in [0.29, 0.717) is 15.6 Å². The van der Waals surface area contributed by atoms with Gasteiger partial charge in [-0.2, -0.15) is 10.2 Å². The molecular weight excluding hydrogens is 692 g/mol. The Morgan fingerprint density at radius 1 is 0.957 bits per heavy atom. The van der Waals surface area contributed by atoms with Gasteiger partial charge >= 0.3 is 23.9 Å². The number of aromatic hydroxyl groups is 2. The number of nitrogens with zero attached hydrogens (tertiary/aromatic N) is 3. The molecule has 46 heavy (non-hydrogen) atoms. The summed E-state index contributed by atoms with van der Waals surface area (Å²) in [5.74, 6) is -2.86. The van der Waals surface area contributed by atoms with Gasteiger partial charge in [0, 0.05) is 37.7 Å². The van der Waals surface area contributed by atoms with Crippen LogP contribution in [0, 0.1) is 0 Å². The average Bonchev–Trinajstić information content (AvgIpc) is 3.36. The van der Waals surface area contributed by atoms with E-state index in [1.165, 1.54) is 30.3 Å². The highest BCUT2D eigenvalue weighted by Crippen LogP contribution is 2.38. The second kappa shape index (κ2) is 15.3. The molecule has 0 amide bonds. The molecule has 15 nitrogen and oxygen atoms in total. The van der Waals surface area contributed by atoms with Crippen LogP contribution >= 0.6 is 27.7 Å². The van der Waals surface area contributed by atoms with Crippen LogP contribution in [0.5, 0.6) is 11.5 Å². The number of benzene rings is 2. The van der Waals surface area contributed by atoms with Gasteiger partial charge in [-0.25, -0.2) is 5.01 Å². The van der Waals surface area contributed by atoms with E-state index in [0.717, 1.165) is 32.5 Å². The van der Waals surface area contributed by atoms with Crippen molar-refractivity contribution < 1.29 is 53.1 Å². The number of halogens is 1. The highest BCUT2D eigenvalue weighted by molar-refractivity contribution is 9.10. The van der Waals surface area contributed by atoms with Crippen LogP contribution in [0.4, 0.5) is 0 Å². The lowest BCUT2D eigenvalue weighted by atomic mass is 9.99. The molecule has 246 valence electrons. The summed E-state index contributed by atoms with van der Waals surface area (Å²) in [5.41, 5.74) is 1.51. The van der Waals surface area contributed by atoms with Gasteiger partial charge in [0.05, 0.1) is 11.8 Å². The predicted octanol–water partition coefficient (Wildman–Crippen LogP) is 2.56. The number of phenolic OH excluding ortho intramolecular Hbond substituents is 2. The summed E-state index contributed by atoms with van der Waals surface area (Å²) in [4.78, 5) is 48.2. The van der Waals surface area contributed by atoms with Crippen LogP contribution in [-0.4, -0.2) is 93.1 Å². The number of rotatable bonds is 10. The molecule has 3 N–H and O–H groups in total. The van der Waals surface area contributed by atoms with Crippen LogP contribution in [0.2, 0.25) is 0 Å². The normalized spacial score (nSPS) is 24.1. The maximum Gasteiger partial charge on any atom is 0.303 e. The van der Waals surface area contributed by atoms with Crippen LogP contribution < -0.4 is 5.43 Å². The highest BCUT2D eigenvalue weighted by Gasteiger charge is 2.53. The Hall–Kier alpha value is -4.35. The van der Waals surface area contributed by atoms with E-state index in [2.05, 4.69) is 31.6 Å². The number of ether oxygens (including phenoxy) is 5. The standard InChI is InChI=1S/C29H31BrN4O11S/c1-14(35)41-13-23-24(42-15(2)36)25(43-16(3)37)26(44-17(4)38)28(45-23)46-29-33-32-27(20-7-5-6-8-22(20)40)34(29)31-12-18-11-19(30)9-10-21(18)39/h5-12,23-26,28-29,33,39-40H,13H2,1-4H3/b31-12+/t23-,24-,25+,26-,28+,29?/m1/s1. The summed E-state index contributed by atoms with van der Waals surface area (Å²) in [6.07, 6.45) is -3.80. The third-order valence-electron chi connectivity index (χ3n) is 6.39. The van der Waals surface area contributed by atoms with E-state index in [9.17, 15) is 29.4 Å². The number of amidine groups is 1. The number of nitrogens with one attached hydrogen (secondary N) is 1. The summed E-state index contributed by atoms with van der Waals surface area (Å²) in [7, 11) is 0. The zero-order valence-corrected chi connectivity index (χ0v) is 27.4. The fraction of sp³-hybridized carbons (Fsp3) is 0.379. The van der Waals surface area contributed by atoms with Crippen LogP contribution in [0.15, 0.2) is 57.1 Å². The van der Waals surface area contributed by atoms with Crippen LogP contribution in [-0.2, 0) is 42.9 Å². The molecule has 0 bridgehead atoms. The summed E-state index contributed by atoms with van der Waals surface area (Å²) in [5, 5.41) is 31.3. The molecule has 0 saturated carbocycles. The molecule has 17 heteroatoms. The SMILES string of the molecule is CC(=O)OC[C@H]1O[C@@H](SC2NN=C(c3ccccc3O)N2/N=C/c2cc(Br)ccc2O)[C@H](OC(C)=O)[C@@H](OC(C)=O)[C@@H]1OC(C)=O. The van der Waals surface area contributed by atoms with Gasteiger partial charge in [0.1, 0.15) is 29.6 Å². The highest BCUT2D eigenvalue weighted by atomic mass is 79.9. The molecule has 1 fully saturated rings. The summed E-state index contributed by atoms with van der Waals surface area (Å²) >= 11 is 4.35. The molecule has 2 aliphatic heterocycles. The van der Waals surface area contributed by atoms with Crippen molar-refractivity contribution in [3.63, 3.8) is 0 Å². The minimum atomic E-state index is -1.37. The molecule has 0 aliphatic carbocycles. The first-order valence-electron chi connectivity index (χ1n) is 13.7. The summed E-state index contributed by atoms with van der Waals surface area (Å²) in [6.45, 7) is 4.20. The molecular formula is C29H31BrN4O11S. The van der Waals surface area contributed by atoms with Gasteiger partial charge in [-0.1, -0.05) is 39.8 Å². The average molecular weight is 724 g/mol. The quantitative estimate of drug-likeness (QED) is 0.184. The number of carbonyl (C=O) groups excluding carboxylic acids is 4. The number of hydrogen-bond acceptors (Lipinski definition) is 16. The molecule has 0 radical (unpaired) electrons. The number of hydrogen-bond donors (Lipinski definition) is 3. The zero-order valence-electron chi connectivity index (χ0n) is 25.0. The molecule has 1 saturated heterocycles. The van der Waals surface area contributed by atoms with Crippen molar-refractivity contribution in [2.75, 3.05) is 6.61 Å². The molecule has 4 rings (SSSR count). The van der Waals surface area contributed by atoms with E-state index < -0.39 is 65.8 Å². The molecule has 2 aromatic carbocycles. The number of phenols is 2. The van der Waals surface area contributed by atoms with Crippen LogP contribution in [0.25, 0.3) is 0 Å². The van der Waals surface area contributed by atoms with Crippen molar-refractivity contribution in [2.24, 2.45) is 10.2 Å². The van der Waals surface area contributed by atoms with E-state index in [-0.39, 0.29) is 17.3 Å². The maximum absolute atomic E-state index is 12.3. The monoisotopic (exact) mass is 722 g/mol. The van der Waals surface area contributed by atoms with Crippen molar-refractivity contribution >= 4 is 63.6 Å². The molecule has 2 aliphatic rings. The third kappa shape index (κ3) is 8.67. The molecule has 0 aromatic heterocycles. The van der Waals surface area contributed by atoms with Crippen molar-refractivity contribution in [2.45, 2.75) is 63.0 Å². The minimum absolute atomic E-state index is 0.0519. The van der Waals surface area contributed by atoms with E-state index in [1.807, 2.05) is 0 Å². The summed E-state index contributed by atoms with van der Waals surface area (Å²) < 4.78 is 28.6. The van der Waals surface area contributed by atoms with Gasteiger partial charge in [0.25, 0.3) is 0 Å². The smallest absolute Gasteiger partial charge is 0.303 e. The van der Waals surface area contributed by atoms with Gasteiger partial charge in [-0.15, -0.1) is 0 Å². The maximum atomic E-state index is 12.3. The second-order valence-electron chi connectivity index (χ2n) is 9.93. The third-order valence-corrected chi connectivity index (χ3v) is 8.09. The van der Waals surface area contributed by atoms with E-state index in [4.69, 9.17) is 23.7 Å².